The van der Waals surface area contributed by atoms with E-state index in [0.717, 1.165) is 0 Å². The molecule has 1 aromatic carbocycles. The number of hydrogen-bond donors (Lipinski definition) is 4. The first-order chi connectivity index (χ1) is 10.0. The molecule has 21 heavy (non-hydrogen) atoms. The maximum atomic E-state index is 12.0. The molecule has 0 bridgehead atoms. The van der Waals surface area contributed by atoms with E-state index in [2.05, 4.69) is 30.0 Å². The summed E-state index contributed by atoms with van der Waals surface area (Å²) < 4.78 is 5.05. The van der Waals surface area contributed by atoms with Gasteiger partial charge in [-0.15, -0.1) is 0 Å². The van der Waals surface area contributed by atoms with Gasteiger partial charge in [-0.3, -0.25) is 15.6 Å². The Morgan fingerprint density at radius 2 is 1.86 bits per heavy atom. The van der Waals surface area contributed by atoms with Crippen LogP contribution in [0.3, 0.4) is 0 Å². The zero-order chi connectivity index (χ0) is 15.4. The smallest absolute Gasteiger partial charge is 0.253 e. The lowest BCUT2D eigenvalue weighted by molar-refractivity contribution is -0.129. The number of carbonyl (C=O) groups is 1. The fourth-order valence-corrected chi connectivity index (χ4v) is 2.52. The second kappa shape index (κ2) is 6.89. The molecule has 6 heteroatoms. The summed E-state index contributed by atoms with van der Waals surface area (Å²) in [5.74, 6) is 0.598. The Bertz CT molecular complexity index is 468. The van der Waals surface area contributed by atoms with E-state index in [0.29, 0.717) is 17.9 Å². The van der Waals surface area contributed by atoms with E-state index in [1.807, 2.05) is 0 Å². The summed E-state index contributed by atoms with van der Waals surface area (Å²) in [7, 11) is 1.57. The van der Waals surface area contributed by atoms with E-state index in [1.54, 1.807) is 31.4 Å². The highest BCUT2D eigenvalue weighted by Crippen LogP contribution is 2.18. The van der Waals surface area contributed by atoms with Crippen molar-refractivity contribution in [3.63, 3.8) is 0 Å². The van der Waals surface area contributed by atoms with Crippen LogP contribution in [0.15, 0.2) is 24.3 Å². The average Bonchev–Trinajstić information content (AvgIpc) is 2.83. The molecule has 2 rings (SSSR count). The lowest BCUT2D eigenvalue weighted by Crippen LogP contribution is -2.39. The number of aliphatic hydroxyl groups excluding tert-OH is 1. The Hall–Kier alpha value is -1.63. The first-order valence-corrected chi connectivity index (χ1v) is 7.13. The highest BCUT2D eigenvalue weighted by molar-refractivity contribution is 5.81. The number of methoxy groups -OCH3 is 1. The molecule has 0 aliphatic carbocycles. The topological polar surface area (TPSA) is 82.6 Å². The van der Waals surface area contributed by atoms with Gasteiger partial charge >= 0.3 is 0 Å². The zero-order valence-electron chi connectivity index (χ0n) is 12.6. The average molecular weight is 293 g/mol. The predicted molar refractivity (Wildman–Crippen MR) is 79.6 cm³/mol. The Balaban J connectivity index is 1.90. The number of nitrogens with one attached hydrogen (secondary N) is 3. The number of amides is 1. The lowest BCUT2D eigenvalue weighted by atomic mass is 9.96. The summed E-state index contributed by atoms with van der Waals surface area (Å²) in [5, 5.41) is 12.9. The molecule has 0 saturated carbocycles. The van der Waals surface area contributed by atoms with Gasteiger partial charge in [0.25, 0.3) is 5.91 Å². The number of hydrazine groups is 1. The molecule has 4 N–H and O–H groups in total. The van der Waals surface area contributed by atoms with E-state index in [9.17, 15) is 9.90 Å². The number of rotatable bonds is 5. The van der Waals surface area contributed by atoms with Crippen molar-refractivity contribution in [3.8, 4) is 5.75 Å². The third-order valence-corrected chi connectivity index (χ3v) is 4.02. The summed E-state index contributed by atoms with van der Waals surface area (Å²) in [4.78, 5) is 12.0. The van der Waals surface area contributed by atoms with Gasteiger partial charge in [0.1, 0.15) is 5.75 Å². The van der Waals surface area contributed by atoms with Gasteiger partial charge in [0, 0.05) is 24.5 Å². The highest BCUT2D eigenvalue weighted by Gasteiger charge is 2.30. The summed E-state index contributed by atoms with van der Waals surface area (Å²) >= 11 is 0. The molecule has 6 nitrogen and oxygen atoms in total. The molecule has 1 fully saturated rings. The van der Waals surface area contributed by atoms with Crippen molar-refractivity contribution in [3.05, 3.63) is 29.8 Å². The van der Waals surface area contributed by atoms with Crippen LogP contribution in [0, 0.1) is 5.92 Å². The molecule has 1 aliphatic heterocycles. The van der Waals surface area contributed by atoms with Crippen molar-refractivity contribution < 1.29 is 14.6 Å². The fourth-order valence-electron chi connectivity index (χ4n) is 2.52. The normalized spacial score (nSPS) is 26.4. The predicted octanol–water partition coefficient (Wildman–Crippen LogP) is 0.346. The van der Waals surface area contributed by atoms with Crippen molar-refractivity contribution in [2.24, 2.45) is 5.92 Å². The Morgan fingerprint density at radius 1 is 1.29 bits per heavy atom. The van der Waals surface area contributed by atoms with Crippen LogP contribution >= 0.6 is 0 Å². The number of aliphatic hydroxyl groups is 1. The van der Waals surface area contributed by atoms with Crippen LogP contribution < -0.4 is 20.9 Å². The minimum Gasteiger partial charge on any atom is -0.497 e. The van der Waals surface area contributed by atoms with Gasteiger partial charge in [-0.1, -0.05) is 12.1 Å². The summed E-state index contributed by atoms with van der Waals surface area (Å²) in [6.45, 7) is 4.65. The number of carbonyl (C=O) groups excluding carboxylic acids is 1. The second-order valence-electron chi connectivity index (χ2n) is 5.45. The Labute approximate surface area is 124 Å². The number of ether oxygens (including phenoxy) is 1. The van der Waals surface area contributed by atoms with E-state index in [-0.39, 0.29) is 23.9 Å². The van der Waals surface area contributed by atoms with Crippen LogP contribution in [0.25, 0.3) is 0 Å². The van der Waals surface area contributed by atoms with Crippen molar-refractivity contribution in [2.45, 2.75) is 32.0 Å². The van der Waals surface area contributed by atoms with Crippen LogP contribution in [-0.2, 0) is 4.79 Å². The highest BCUT2D eigenvalue weighted by atomic mass is 16.5. The van der Waals surface area contributed by atoms with Crippen molar-refractivity contribution in [1.82, 2.24) is 16.2 Å². The summed E-state index contributed by atoms with van der Waals surface area (Å²) in [5.41, 5.74) is 6.83. The third-order valence-electron chi connectivity index (χ3n) is 4.02. The number of hydrogen-bond acceptors (Lipinski definition) is 5. The minimum absolute atomic E-state index is 0.276. The number of benzene rings is 1. The zero-order valence-corrected chi connectivity index (χ0v) is 12.6. The standard InChI is InChI=1S/C15H23N3O3/c1-9-13(10(2)18-17-9)8-16-15(20)14(19)11-4-6-12(21-3)7-5-11/h4-7,9-10,13-14,17-19H,8H2,1-3H3,(H,16,20). The van der Waals surface area contributed by atoms with Crippen LogP contribution in [0.4, 0.5) is 0 Å². The first kappa shape index (κ1) is 15.8. The molecular formula is C15H23N3O3. The van der Waals surface area contributed by atoms with Gasteiger partial charge in [0.05, 0.1) is 7.11 Å². The largest absolute Gasteiger partial charge is 0.497 e. The fraction of sp³-hybridized carbons (Fsp3) is 0.533. The van der Waals surface area contributed by atoms with Crippen molar-refractivity contribution in [1.29, 1.82) is 0 Å². The van der Waals surface area contributed by atoms with Gasteiger partial charge in [0.15, 0.2) is 6.10 Å². The van der Waals surface area contributed by atoms with Gasteiger partial charge in [-0.2, -0.15) is 0 Å². The van der Waals surface area contributed by atoms with E-state index in [1.165, 1.54) is 0 Å². The summed E-state index contributed by atoms with van der Waals surface area (Å²) in [6.07, 6.45) is -1.16. The monoisotopic (exact) mass is 293 g/mol. The molecule has 116 valence electrons. The molecule has 1 aliphatic rings. The van der Waals surface area contributed by atoms with Gasteiger partial charge in [-0.05, 0) is 31.5 Å². The van der Waals surface area contributed by atoms with E-state index in [4.69, 9.17) is 4.74 Å². The molecule has 0 radical (unpaired) electrons. The molecule has 1 saturated heterocycles. The molecule has 1 aromatic rings. The van der Waals surface area contributed by atoms with Crippen LogP contribution in [0.2, 0.25) is 0 Å². The third kappa shape index (κ3) is 3.72. The van der Waals surface area contributed by atoms with Crippen molar-refractivity contribution >= 4 is 5.91 Å². The van der Waals surface area contributed by atoms with Crippen LogP contribution in [0.5, 0.6) is 5.75 Å². The van der Waals surface area contributed by atoms with Gasteiger partial charge in [-0.25, -0.2) is 0 Å². The molecule has 0 spiro atoms. The Morgan fingerprint density at radius 3 is 2.38 bits per heavy atom. The maximum absolute atomic E-state index is 12.0. The second-order valence-corrected chi connectivity index (χ2v) is 5.45. The molecular weight excluding hydrogens is 270 g/mol. The molecule has 0 aromatic heterocycles. The molecule has 1 heterocycles. The Kier molecular flexibility index (Phi) is 5.17. The van der Waals surface area contributed by atoms with Crippen LogP contribution in [-0.4, -0.2) is 36.8 Å². The maximum Gasteiger partial charge on any atom is 0.253 e. The van der Waals surface area contributed by atoms with Gasteiger partial charge in [0.2, 0.25) is 0 Å². The lowest BCUT2D eigenvalue weighted by Gasteiger charge is -2.19. The molecule has 3 unspecified atom stereocenters. The van der Waals surface area contributed by atoms with Gasteiger partial charge < -0.3 is 15.2 Å². The van der Waals surface area contributed by atoms with Crippen LogP contribution in [0.1, 0.15) is 25.5 Å². The summed E-state index contributed by atoms with van der Waals surface area (Å²) in [6, 6.07) is 7.37. The van der Waals surface area contributed by atoms with E-state index < -0.39 is 6.10 Å². The van der Waals surface area contributed by atoms with E-state index >= 15 is 0 Å². The molecule has 3 atom stereocenters. The quantitative estimate of drug-likeness (QED) is 0.629. The van der Waals surface area contributed by atoms with Crippen molar-refractivity contribution in [2.75, 3.05) is 13.7 Å². The first-order valence-electron chi connectivity index (χ1n) is 7.13. The minimum atomic E-state index is -1.16. The SMILES string of the molecule is COc1ccc(C(O)C(=O)NCC2C(C)NNC2C)cc1. The molecule has 1 amide bonds.